The lowest BCUT2D eigenvalue weighted by Gasteiger charge is -2.31. The largest absolute Gasteiger partial charge is 0.388 e. The van der Waals surface area contributed by atoms with Crippen LogP contribution in [0.2, 0.25) is 0 Å². The van der Waals surface area contributed by atoms with Gasteiger partial charge in [0.1, 0.15) is 18.7 Å². The number of aliphatic hydroxyl groups excluding tert-OH is 1. The fourth-order valence-electron chi connectivity index (χ4n) is 2.31. The molecule has 1 aromatic heterocycles. The highest BCUT2D eigenvalue weighted by Crippen LogP contribution is 2.23. The summed E-state index contributed by atoms with van der Waals surface area (Å²) >= 11 is 0. The number of rotatable bonds is 2. The average Bonchev–Trinajstić information content (AvgIpc) is 3.05. The highest BCUT2D eigenvalue weighted by atomic mass is 19.3. The molecule has 3 heterocycles. The minimum Gasteiger partial charge on any atom is -0.388 e. The van der Waals surface area contributed by atoms with Crippen molar-refractivity contribution in [2.24, 2.45) is 0 Å². The van der Waals surface area contributed by atoms with E-state index in [1.807, 2.05) is 0 Å². The van der Waals surface area contributed by atoms with Crippen molar-refractivity contribution in [3.63, 3.8) is 0 Å². The summed E-state index contributed by atoms with van der Waals surface area (Å²) in [7, 11) is 0. The van der Waals surface area contributed by atoms with Gasteiger partial charge in [0.05, 0.1) is 26.0 Å². The van der Waals surface area contributed by atoms with Crippen LogP contribution in [0.3, 0.4) is 0 Å². The lowest BCUT2D eigenvalue weighted by Crippen LogP contribution is -2.49. The smallest absolute Gasteiger partial charge is 0.373 e. The van der Waals surface area contributed by atoms with Crippen molar-refractivity contribution >= 4 is 5.91 Å². The van der Waals surface area contributed by atoms with Crippen LogP contribution in [0, 0.1) is 0 Å². The van der Waals surface area contributed by atoms with Crippen molar-refractivity contribution in [1.29, 1.82) is 0 Å². The number of halogens is 2. The topological polar surface area (TPSA) is 89.7 Å². The van der Waals surface area contributed by atoms with Gasteiger partial charge in [-0.05, 0) is 0 Å². The van der Waals surface area contributed by atoms with Crippen LogP contribution in [0.1, 0.15) is 16.5 Å². The Hall–Kier alpha value is -1.65. The number of carbonyl (C=O) groups excluding carboxylic acids is 1. The molecule has 0 unspecified atom stereocenters. The lowest BCUT2D eigenvalue weighted by molar-refractivity contribution is -0.263. The number of hydrogen-bond donors (Lipinski definition) is 1. The zero-order valence-corrected chi connectivity index (χ0v) is 11.0. The maximum atomic E-state index is 13.1. The number of hydrogen-bond acceptors (Lipinski definition) is 6. The van der Waals surface area contributed by atoms with Gasteiger partial charge in [0.25, 0.3) is 5.91 Å². The fourth-order valence-corrected chi connectivity index (χ4v) is 2.31. The number of nitrogens with zero attached hydrogens (tertiary/aromatic N) is 4. The number of carbonyl (C=O) groups is 1. The second-order valence-corrected chi connectivity index (χ2v) is 4.97. The number of morpholine rings is 1. The van der Waals surface area contributed by atoms with Gasteiger partial charge in [-0.25, -0.2) is 4.68 Å². The SMILES string of the molecule is O=C(c1cn([C@@H]2COC[C@H]2O)nn1)N1CCOC(F)(F)C1. The molecule has 1 aromatic rings. The van der Waals surface area contributed by atoms with Crippen molar-refractivity contribution in [3.05, 3.63) is 11.9 Å². The molecule has 2 aliphatic heterocycles. The number of aliphatic hydroxyl groups is 1. The second-order valence-electron chi connectivity index (χ2n) is 4.97. The summed E-state index contributed by atoms with van der Waals surface area (Å²) in [5.74, 6) is -0.641. The van der Waals surface area contributed by atoms with E-state index in [9.17, 15) is 18.7 Å². The monoisotopic (exact) mass is 304 g/mol. The molecule has 0 spiro atoms. The molecule has 8 nitrogen and oxygen atoms in total. The maximum absolute atomic E-state index is 13.1. The summed E-state index contributed by atoms with van der Waals surface area (Å²) in [6.45, 7) is -0.538. The van der Waals surface area contributed by atoms with E-state index in [4.69, 9.17) is 4.74 Å². The van der Waals surface area contributed by atoms with Crippen LogP contribution in [-0.4, -0.2) is 76.0 Å². The van der Waals surface area contributed by atoms with Gasteiger partial charge in [0.15, 0.2) is 5.69 Å². The first-order chi connectivity index (χ1) is 9.96. The van der Waals surface area contributed by atoms with Crippen LogP contribution in [0.15, 0.2) is 6.20 Å². The third-order valence-electron chi connectivity index (χ3n) is 3.43. The van der Waals surface area contributed by atoms with Crippen molar-refractivity contribution in [1.82, 2.24) is 19.9 Å². The molecule has 0 saturated carbocycles. The molecule has 1 N–H and O–H groups in total. The first-order valence-electron chi connectivity index (χ1n) is 6.45. The predicted octanol–water partition coefficient (Wildman–Crippen LogP) is -0.725. The predicted molar refractivity (Wildman–Crippen MR) is 62.7 cm³/mol. The Bertz CT molecular complexity index is 538. The van der Waals surface area contributed by atoms with E-state index in [0.717, 1.165) is 4.90 Å². The van der Waals surface area contributed by atoms with Gasteiger partial charge in [-0.2, -0.15) is 8.78 Å². The van der Waals surface area contributed by atoms with Crippen molar-refractivity contribution in [3.8, 4) is 0 Å². The van der Waals surface area contributed by atoms with Crippen LogP contribution < -0.4 is 0 Å². The van der Waals surface area contributed by atoms with Crippen LogP contribution >= 0.6 is 0 Å². The van der Waals surface area contributed by atoms with Gasteiger partial charge in [0, 0.05) is 6.54 Å². The van der Waals surface area contributed by atoms with E-state index in [1.165, 1.54) is 10.9 Å². The molecule has 2 atom stereocenters. The van der Waals surface area contributed by atoms with Crippen LogP contribution in [-0.2, 0) is 9.47 Å². The molecule has 2 aliphatic rings. The Morgan fingerprint density at radius 1 is 1.48 bits per heavy atom. The van der Waals surface area contributed by atoms with Gasteiger partial charge in [0.2, 0.25) is 0 Å². The average molecular weight is 304 g/mol. The first kappa shape index (κ1) is 14.3. The van der Waals surface area contributed by atoms with E-state index >= 15 is 0 Å². The summed E-state index contributed by atoms with van der Waals surface area (Å²) in [6, 6.07) is -0.426. The Kier molecular flexibility index (Phi) is 3.59. The Balaban J connectivity index is 1.72. The third kappa shape index (κ3) is 2.87. The molecule has 116 valence electrons. The zero-order valence-electron chi connectivity index (χ0n) is 11.0. The summed E-state index contributed by atoms with van der Waals surface area (Å²) < 4.78 is 36.9. The van der Waals surface area contributed by atoms with Gasteiger partial charge < -0.3 is 19.5 Å². The van der Waals surface area contributed by atoms with E-state index in [0.29, 0.717) is 0 Å². The minimum absolute atomic E-state index is 0.0493. The third-order valence-corrected chi connectivity index (χ3v) is 3.43. The summed E-state index contributed by atoms with van der Waals surface area (Å²) in [6.07, 6.45) is -2.75. The van der Waals surface area contributed by atoms with Crippen molar-refractivity contribution in [2.75, 3.05) is 32.9 Å². The Morgan fingerprint density at radius 2 is 2.29 bits per heavy atom. The molecule has 10 heteroatoms. The molecule has 0 aromatic carbocycles. The molecule has 21 heavy (non-hydrogen) atoms. The number of aromatic nitrogens is 3. The molecule has 1 amide bonds. The summed E-state index contributed by atoms with van der Waals surface area (Å²) in [4.78, 5) is 13.1. The van der Waals surface area contributed by atoms with Gasteiger partial charge in [-0.1, -0.05) is 5.21 Å². The highest BCUT2D eigenvalue weighted by molar-refractivity contribution is 5.92. The second kappa shape index (κ2) is 5.28. The van der Waals surface area contributed by atoms with Gasteiger partial charge >= 0.3 is 6.11 Å². The Labute approximate surface area is 118 Å². The van der Waals surface area contributed by atoms with Crippen LogP contribution in [0.25, 0.3) is 0 Å². The van der Waals surface area contributed by atoms with Gasteiger partial charge in [-0.3, -0.25) is 4.79 Å². The molecular formula is C11H14F2N4O4. The number of alkyl halides is 2. The van der Waals surface area contributed by atoms with E-state index < -0.39 is 30.7 Å². The molecule has 2 fully saturated rings. The normalized spacial score (nSPS) is 28.8. The molecule has 3 rings (SSSR count). The molecule has 2 saturated heterocycles. The highest BCUT2D eigenvalue weighted by Gasteiger charge is 2.39. The van der Waals surface area contributed by atoms with Crippen molar-refractivity contribution < 1.29 is 28.2 Å². The number of amides is 1. The fraction of sp³-hybridized carbons (Fsp3) is 0.727. The summed E-state index contributed by atoms with van der Waals surface area (Å²) in [5, 5.41) is 17.1. The molecule has 0 aliphatic carbocycles. The van der Waals surface area contributed by atoms with Gasteiger partial charge in [-0.15, -0.1) is 5.10 Å². The van der Waals surface area contributed by atoms with E-state index in [1.54, 1.807) is 0 Å². The standard InChI is InChI=1S/C11H14F2N4O4/c12-11(13)6-16(1-2-21-11)10(19)7-3-17(15-14-7)8-4-20-5-9(8)18/h3,8-9,18H,1-2,4-6H2/t8-,9-/m1/s1. The molecule has 0 radical (unpaired) electrons. The Morgan fingerprint density at radius 3 is 2.95 bits per heavy atom. The van der Waals surface area contributed by atoms with Crippen molar-refractivity contribution in [2.45, 2.75) is 18.3 Å². The number of ether oxygens (including phenoxy) is 2. The minimum atomic E-state index is -3.35. The van der Waals surface area contributed by atoms with Crippen LogP contribution in [0.4, 0.5) is 8.78 Å². The first-order valence-corrected chi connectivity index (χ1v) is 6.45. The van der Waals surface area contributed by atoms with E-state index in [2.05, 4.69) is 15.0 Å². The quantitative estimate of drug-likeness (QED) is 0.775. The zero-order chi connectivity index (χ0) is 15.0. The summed E-state index contributed by atoms with van der Waals surface area (Å²) in [5.41, 5.74) is -0.0493. The molecule has 0 bridgehead atoms. The lowest BCUT2D eigenvalue weighted by atomic mass is 10.2. The van der Waals surface area contributed by atoms with E-state index in [-0.39, 0.29) is 32.1 Å². The van der Waals surface area contributed by atoms with Crippen LogP contribution in [0.5, 0.6) is 0 Å². The molecular weight excluding hydrogens is 290 g/mol. The maximum Gasteiger partial charge on any atom is 0.373 e.